The van der Waals surface area contributed by atoms with Crippen molar-refractivity contribution in [2.24, 2.45) is 5.92 Å². The number of carbonyl (C=O) groups is 2. The number of nitrogens with zero attached hydrogens (tertiary/aromatic N) is 27. The number of rotatable bonds is 24. The van der Waals surface area contributed by atoms with Crippen molar-refractivity contribution in [3.8, 4) is 0 Å². The summed E-state index contributed by atoms with van der Waals surface area (Å²) in [5.74, 6) is 8.31. The molecule has 0 radical (unpaired) electrons. The average molecular weight is 1520 g/mol. The lowest BCUT2D eigenvalue weighted by Gasteiger charge is -2.38. The topological polar surface area (TPSA) is 333 Å². The van der Waals surface area contributed by atoms with Crippen molar-refractivity contribution in [2.45, 2.75) is 111 Å². The van der Waals surface area contributed by atoms with Gasteiger partial charge in [0.15, 0.2) is 0 Å². The zero-order valence-corrected chi connectivity index (χ0v) is 64.5. The van der Waals surface area contributed by atoms with Crippen molar-refractivity contribution >= 4 is 113 Å². The summed E-state index contributed by atoms with van der Waals surface area (Å²) in [4.78, 5) is 126. The number of anilines is 15. The Bertz CT molecular complexity index is 4120. The molecule has 35 nitrogen and oxygen atoms in total. The maximum absolute atomic E-state index is 13.1. The average Bonchev–Trinajstić information content (AvgIpc) is 0.800. The summed E-state index contributed by atoms with van der Waals surface area (Å²) in [6.07, 6.45) is 8.28. The first-order valence-corrected chi connectivity index (χ1v) is 39.4. The van der Waals surface area contributed by atoms with Gasteiger partial charge in [0.25, 0.3) is 0 Å². The van der Waals surface area contributed by atoms with Gasteiger partial charge in [0.1, 0.15) is 12.2 Å². The molecule has 7 aromatic rings. The molecular weight excluding hydrogens is 1410 g/mol. The normalized spacial score (nSPS) is 17.8. The van der Waals surface area contributed by atoms with E-state index in [-0.39, 0.29) is 30.1 Å². The number of hydrogen-bond donors (Lipinski definition) is 4. The van der Waals surface area contributed by atoms with Gasteiger partial charge in [0, 0.05) is 182 Å². The first-order valence-electron chi connectivity index (χ1n) is 39.0. The molecule has 14 rings (SSSR count). The number of piperazine rings is 6. The monoisotopic (exact) mass is 1510 g/mol. The smallest absolute Gasteiger partial charge is 0.410 e. The van der Waals surface area contributed by atoms with Gasteiger partial charge in [-0.25, -0.2) is 9.59 Å². The van der Waals surface area contributed by atoms with E-state index in [1.807, 2.05) is 86.3 Å². The largest absolute Gasteiger partial charge is 0.445 e. The molecule has 1 aliphatic carbocycles. The summed E-state index contributed by atoms with van der Waals surface area (Å²) in [6.45, 7) is 27.8. The first-order chi connectivity index (χ1) is 53.0. The summed E-state index contributed by atoms with van der Waals surface area (Å²) in [6, 6.07) is 20.0. The summed E-state index contributed by atoms with van der Waals surface area (Å²) < 4.78 is 11.3. The van der Waals surface area contributed by atoms with Crippen LogP contribution in [-0.4, -0.2) is 279 Å². The highest BCUT2D eigenvalue weighted by atomic mass is 35.5. The van der Waals surface area contributed by atoms with Crippen LogP contribution in [0.4, 0.5) is 98.6 Å². The highest BCUT2D eigenvalue weighted by Crippen LogP contribution is 2.31. The molecule has 0 bridgehead atoms. The zero-order chi connectivity index (χ0) is 75.2. The number of carbonyl (C=O) groups excluding carboxylic acids is 2. The fourth-order valence-corrected chi connectivity index (χ4v) is 14.3. The molecule has 0 atom stereocenters. The molecule has 7 aliphatic rings. The van der Waals surface area contributed by atoms with E-state index in [0.29, 0.717) is 253 Å². The summed E-state index contributed by atoms with van der Waals surface area (Å²) in [5, 5.41) is 14.3. The standard InChI is InChI=1S/C73H104ClN31O4/c1-7-8-18-25-75-57-81-63(90-64(82-57)103-42-46-104(47-43-103)71(106)108-51-53-19-12-9-13-20-53)96-30-32-97(33-31-96)65-83-58(76-50-52(2)3)84-66(91-65)98-34-36-100(37-35-98)68-86-60(78-55-23-16-11-17-24-55)88-70(93-68)102-40-38-101(39-41-102)69-87-59(77-54-21-14-10-15-22-54)85-67(92-69)99-28-26-94(27-29-99)61-79-56(74)80-62(89-61)95-44-48-105(49-45-95)72(107)109-73(4,5)6/h9-10,12-15,19-22,52,55H,7-8,11,16-18,23-51H2,1-6H3,(H,75,81,82,90)(H,76,83,84,91)(H,77,85,87,92)(H,78,86,88,93). The van der Waals surface area contributed by atoms with Crippen LogP contribution in [0.1, 0.15) is 98.5 Å². The van der Waals surface area contributed by atoms with Crippen molar-refractivity contribution in [1.29, 1.82) is 0 Å². The van der Waals surface area contributed by atoms with Gasteiger partial charge in [-0.15, -0.1) is 0 Å². The third-order valence-electron chi connectivity index (χ3n) is 20.4. The van der Waals surface area contributed by atoms with Gasteiger partial charge in [0.05, 0.1) is 0 Å². The first kappa shape index (κ1) is 75.3. The Kier molecular flexibility index (Phi) is 24.4. The van der Waals surface area contributed by atoms with E-state index in [0.717, 1.165) is 49.9 Å². The molecule has 582 valence electrons. The Morgan fingerprint density at radius 1 is 0.431 bits per heavy atom. The quantitative estimate of drug-likeness (QED) is 0.0433. The van der Waals surface area contributed by atoms with Crippen LogP contribution in [0.25, 0.3) is 0 Å². The number of aromatic nitrogens is 15. The van der Waals surface area contributed by atoms with Gasteiger partial charge in [0.2, 0.25) is 88.6 Å². The number of nitrogens with one attached hydrogen (secondary N) is 4. The molecular formula is C73H104ClN31O4. The number of para-hydroxylation sites is 1. The minimum Gasteiger partial charge on any atom is -0.445 e. The van der Waals surface area contributed by atoms with Crippen LogP contribution in [-0.2, 0) is 16.1 Å². The number of ether oxygens (including phenoxy) is 2. The highest BCUT2D eigenvalue weighted by Gasteiger charge is 2.34. The van der Waals surface area contributed by atoms with E-state index in [4.69, 9.17) is 85.9 Å². The summed E-state index contributed by atoms with van der Waals surface area (Å²) in [7, 11) is 0. The van der Waals surface area contributed by atoms with Gasteiger partial charge in [-0.2, -0.15) is 74.8 Å². The van der Waals surface area contributed by atoms with E-state index in [1.165, 1.54) is 19.3 Å². The second-order valence-corrected chi connectivity index (χ2v) is 30.3. The summed E-state index contributed by atoms with van der Waals surface area (Å²) in [5.41, 5.74) is 1.24. The minimum atomic E-state index is -0.579. The zero-order valence-electron chi connectivity index (χ0n) is 63.8. The van der Waals surface area contributed by atoms with E-state index >= 15 is 0 Å². The van der Waals surface area contributed by atoms with E-state index in [1.54, 1.807) is 9.80 Å². The van der Waals surface area contributed by atoms with Crippen LogP contribution in [0, 0.1) is 5.92 Å². The number of hydrogen-bond acceptors (Lipinski definition) is 33. The highest BCUT2D eigenvalue weighted by molar-refractivity contribution is 6.28. The van der Waals surface area contributed by atoms with Gasteiger partial charge < -0.3 is 89.5 Å². The van der Waals surface area contributed by atoms with Gasteiger partial charge in [-0.05, 0) is 75.2 Å². The lowest BCUT2D eigenvalue weighted by Crippen LogP contribution is -2.51. The molecule has 6 aliphatic heterocycles. The molecule has 2 aromatic carbocycles. The third-order valence-corrected chi connectivity index (χ3v) is 20.5. The Morgan fingerprint density at radius 2 is 0.780 bits per heavy atom. The maximum Gasteiger partial charge on any atom is 0.410 e. The Hall–Kier alpha value is -10.5. The fourth-order valence-electron chi connectivity index (χ4n) is 14.1. The second kappa shape index (κ2) is 35.3. The SMILES string of the molecule is CCCCCNc1nc(N2CCN(C(=O)OCc3ccccc3)CC2)nc(N2CCN(c3nc(NCC(C)C)nc(N4CCN(c5nc(NC6CCCCC6)nc(N6CCN(c7nc(Nc8ccccc8)nc(N8CCN(c9nc(Cl)nc(N%10CCN(C(=O)OC(C)(C)C)CC%10)n9)CC8)n7)CC6)n5)CC4)n3)CC2)n1. The van der Waals surface area contributed by atoms with E-state index in [9.17, 15) is 9.59 Å². The molecule has 2 amide bonds. The molecule has 5 aromatic heterocycles. The van der Waals surface area contributed by atoms with Crippen LogP contribution >= 0.6 is 11.6 Å². The lowest BCUT2D eigenvalue weighted by molar-refractivity contribution is 0.0240. The number of benzene rings is 2. The molecule has 109 heavy (non-hydrogen) atoms. The molecule has 0 unspecified atom stereocenters. The molecule has 36 heteroatoms. The third kappa shape index (κ3) is 20.1. The Labute approximate surface area is 642 Å². The van der Waals surface area contributed by atoms with Crippen molar-refractivity contribution in [3.63, 3.8) is 0 Å². The number of amides is 2. The molecule has 0 spiro atoms. The van der Waals surface area contributed by atoms with Crippen molar-refractivity contribution in [1.82, 2.24) is 84.6 Å². The summed E-state index contributed by atoms with van der Waals surface area (Å²) >= 11 is 6.59. The number of unbranched alkanes of at least 4 members (excludes halogenated alkanes) is 2. The van der Waals surface area contributed by atoms with Crippen molar-refractivity contribution < 1.29 is 19.1 Å². The van der Waals surface area contributed by atoms with Gasteiger partial charge >= 0.3 is 12.2 Å². The molecule has 7 fully saturated rings. The van der Waals surface area contributed by atoms with E-state index < -0.39 is 5.60 Å². The second-order valence-electron chi connectivity index (χ2n) is 30.0. The van der Waals surface area contributed by atoms with Crippen LogP contribution in [0.5, 0.6) is 0 Å². The van der Waals surface area contributed by atoms with Crippen LogP contribution in [0.3, 0.4) is 0 Å². The predicted molar refractivity (Wildman–Crippen MR) is 424 cm³/mol. The van der Waals surface area contributed by atoms with Crippen molar-refractivity contribution in [2.75, 3.05) is 240 Å². The van der Waals surface area contributed by atoms with Crippen LogP contribution in [0.2, 0.25) is 5.28 Å². The van der Waals surface area contributed by atoms with Gasteiger partial charge in [-0.3, -0.25) is 0 Å². The maximum atomic E-state index is 13.1. The van der Waals surface area contributed by atoms with Gasteiger partial charge in [-0.1, -0.05) is 101 Å². The number of halogens is 1. The van der Waals surface area contributed by atoms with Crippen LogP contribution < -0.4 is 70.3 Å². The van der Waals surface area contributed by atoms with Crippen LogP contribution in [0.15, 0.2) is 60.7 Å². The molecule has 1 saturated carbocycles. The van der Waals surface area contributed by atoms with E-state index in [2.05, 4.69) is 96.1 Å². The predicted octanol–water partition coefficient (Wildman–Crippen LogP) is 7.25. The lowest BCUT2D eigenvalue weighted by atomic mass is 9.96. The molecule has 4 N–H and O–H groups in total. The molecule has 11 heterocycles. The Morgan fingerprint density at radius 3 is 1.17 bits per heavy atom. The van der Waals surface area contributed by atoms with Crippen molar-refractivity contribution in [3.05, 3.63) is 71.5 Å². The molecule has 6 saturated heterocycles. The Balaban J connectivity index is 0.625. The minimum absolute atomic E-state index is 0.109. The fraction of sp³-hybridized carbons (Fsp3) is 0.603.